The van der Waals surface area contributed by atoms with Gasteiger partial charge in [-0.15, -0.1) is 0 Å². The van der Waals surface area contributed by atoms with E-state index in [1.807, 2.05) is 0 Å². The minimum Gasteiger partial charge on any atom is -0.478 e. The monoisotopic (exact) mass is 234 g/mol. The fourth-order valence-electron chi connectivity index (χ4n) is 1.52. The van der Waals surface area contributed by atoms with Gasteiger partial charge in [-0.05, 0) is 17.7 Å². The van der Waals surface area contributed by atoms with Gasteiger partial charge in [0.1, 0.15) is 6.17 Å². The lowest BCUT2D eigenvalue weighted by Gasteiger charge is -2.09. The van der Waals surface area contributed by atoms with Gasteiger partial charge in [0, 0.05) is 12.4 Å². The largest absolute Gasteiger partial charge is 0.478 e. The molecule has 0 aliphatic heterocycles. The van der Waals surface area contributed by atoms with E-state index in [4.69, 9.17) is 5.11 Å². The van der Waals surface area contributed by atoms with Crippen molar-refractivity contribution in [1.29, 1.82) is 0 Å². The number of carboxylic acids is 1. The van der Waals surface area contributed by atoms with E-state index in [9.17, 15) is 9.18 Å². The van der Waals surface area contributed by atoms with Gasteiger partial charge in [0.2, 0.25) is 0 Å². The molecule has 0 saturated heterocycles. The molecule has 2 aromatic rings. The van der Waals surface area contributed by atoms with Crippen molar-refractivity contribution in [3.05, 3.63) is 54.1 Å². The van der Waals surface area contributed by atoms with E-state index in [1.54, 1.807) is 17.0 Å². The van der Waals surface area contributed by atoms with Crippen LogP contribution in [0.2, 0.25) is 0 Å². The van der Waals surface area contributed by atoms with Crippen LogP contribution in [-0.4, -0.2) is 20.6 Å². The summed E-state index contributed by atoms with van der Waals surface area (Å²) in [5.74, 6) is -1.01. The average molecular weight is 234 g/mol. The van der Waals surface area contributed by atoms with Gasteiger partial charge < -0.3 is 9.67 Å². The van der Waals surface area contributed by atoms with E-state index < -0.39 is 12.1 Å². The molecule has 0 aliphatic rings. The number of alkyl halides is 1. The second kappa shape index (κ2) is 4.78. The smallest absolute Gasteiger partial charge is 0.335 e. The molecule has 1 aromatic heterocycles. The first-order chi connectivity index (χ1) is 8.16. The highest BCUT2D eigenvalue weighted by Crippen LogP contribution is 2.19. The number of aromatic carboxylic acids is 1. The zero-order valence-corrected chi connectivity index (χ0v) is 8.95. The Labute approximate surface area is 97.3 Å². The molecule has 0 radical (unpaired) electrons. The summed E-state index contributed by atoms with van der Waals surface area (Å²) in [6, 6.07) is 5.78. The molecule has 1 atom stereocenters. The van der Waals surface area contributed by atoms with Gasteiger partial charge >= 0.3 is 5.97 Å². The molecule has 1 heterocycles. The van der Waals surface area contributed by atoms with Gasteiger partial charge in [-0.2, -0.15) is 0 Å². The molecule has 2 rings (SSSR count). The Kier molecular flexibility index (Phi) is 3.18. The van der Waals surface area contributed by atoms with Crippen LogP contribution in [0.3, 0.4) is 0 Å². The lowest BCUT2D eigenvalue weighted by molar-refractivity contribution is 0.0697. The van der Waals surface area contributed by atoms with Gasteiger partial charge in [-0.25, -0.2) is 14.2 Å². The number of carbonyl (C=O) groups is 1. The maximum Gasteiger partial charge on any atom is 0.335 e. The van der Waals surface area contributed by atoms with Crippen LogP contribution in [0.4, 0.5) is 4.39 Å². The van der Waals surface area contributed by atoms with E-state index in [0.29, 0.717) is 5.56 Å². The zero-order valence-electron chi connectivity index (χ0n) is 8.95. The van der Waals surface area contributed by atoms with Crippen LogP contribution in [0, 0.1) is 0 Å². The summed E-state index contributed by atoms with van der Waals surface area (Å²) in [7, 11) is 0. The van der Waals surface area contributed by atoms with E-state index in [1.165, 1.54) is 30.6 Å². The molecule has 4 nitrogen and oxygen atoms in total. The first-order valence-corrected chi connectivity index (χ1v) is 5.10. The third kappa shape index (κ3) is 2.69. The maximum atomic E-state index is 13.8. The molecule has 88 valence electrons. The molecule has 0 aliphatic carbocycles. The lowest BCUT2D eigenvalue weighted by atomic mass is 10.1. The molecule has 0 saturated carbocycles. The number of imidazole rings is 1. The van der Waals surface area contributed by atoms with Crippen molar-refractivity contribution in [3.8, 4) is 0 Å². The summed E-state index contributed by atoms with van der Waals surface area (Å²) in [5, 5.41) is 8.72. The fraction of sp³-hybridized carbons (Fsp3) is 0.167. The number of benzene rings is 1. The summed E-state index contributed by atoms with van der Waals surface area (Å²) in [6.07, 6.45) is 3.63. The molecule has 0 spiro atoms. The Morgan fingerprint density at radius 2 is 2.12 bits per heavy atom. The van der Waals surface area contributed by atoms with Crippen molar-refractivity contribution in [1.82, 2.24) is 9.55 Å². The first-order valence-electron chi connectivity index (χ1n) is 5.10. The highest BCUT2D eigenvalue weighted by molar-refractivity contribution is 5.87. The molecule has 1 aromatic carbocycles. The van der Waals surface area contributed by atoms with E-state index >= 15 is 0 Å². The molecule has 17 heavy (non-hydrogen) atoms. The van der Waals surface area contributed by atoms with Crippen LogP contribution in [-0.2, 0) is 6.54 Å². The van der Waals surface area contributed by atoms with Crippen molar-refractivity contribution in [2.45, 2.75) is 12.7 Å². The average Bonchev–Trinajstić information content (AvgIpc) is 2.82. The van der Waals surface area contributed by atoms with Crippen LogP contribution in [0.25, 0.3) is 0 Å². The third-order valence-electron chi connectivity index (χ3n) is 2.45. The van der Waals surface area contributed by atoms with Crippen molar-refractivity contribution < 1.29 is 14.3 Å². The molecular formula is C12H11FN2O2. The standard InChI is InChI=1S/C12H11FN2O2/c13-11(7-15-6-5-14-8-15)9-1-3-10(4-2-9)12(16)17/h1-6,8,11H,7H2,(H,16,17). The fourth-order valence-corrected chi connectivity index (χ4v) is 1.52. The molecule has 1 unspecified atom stereocenters. The Bertz CT molecular complexity index is 494. The molecule has 0 bridgehead atoms. The minimum absolute atomic E-state index is 0.156. The van der Waals surface area contributed by atoms with Crippen molar-refractivity contribution in [3.63, 3.8) is 0 Å². The Hall–Kier alpha value is -2.17. The summed E-state index contributed by atoms with van der Waals surface area (Å²) < 4.78 is 15.5. The van der Waals surface area contributed by atoms with Gasteiger partial charge in [0.15, 0.2) is 0 Å². The second-order valence-corrected chi connectivity index (χ2v) is 3.65. The lowest BCUT2D eigenvalue weighted by Crippen LogP contribution is -2.04. The topological polar surface area (TPSA) is 55.1 Å². The maximum absolute atomic E-state index is 13.8. The van der Waals surface area contributed by atoms with Crippen LogP contribution < -0.4 is 0 Å². The molecular weight excluding hydrogens is 223 g/mol. The molecule has 0 amide bonds. The second-order valence-electron chi connectivity index (χ2n) is 3.65. The Morgan fingerprint density at radius 3 is 2.65 bits per heavy atom. The quantitative estimate of drug-likeness (QED) is 0.883. The predicted molar refractivity (Wildman–Crippen MR) is 59.5 cm³/mol. The first kappa shape index (κ1) is 11.3. The van der Waals surface area contributed by atoms with Crippen LogP contribution >= 0.6 is 0 Å². The van der Waals surface area contributed by atoms with Crippen molar-refractivity contribution in [2.75, 3.05) is 0 Å². The molecule has 5 heteroatoms. The highest BCUT2D eigenvalue weighted by Gasteiger charge is 2.11. The summed E-state index contributed by atoms with van der Waals surface area (Å²) in [4.78, 5) is 14.5. The molecule has 1 N–H and O–H groups in total. The number of aromatic nitrogens is 2. The SMILES string of the molecule is O=C(O)c1ccc(C(F)Cn2ccnc2)cc1. The van der Waals surface area contributed by atoms with Gasteiger partial charge in [0.05, 0.1) is 18.4 Å². The number of hydrogen-bond donors (Lipinski definition) is 1. The van der Waals surface area contributed by atoms with Gasteiger partial charge in [-0.3, -0.25) is 0 Å². The van der Waals surface area contributed by atoms with E-state index in [2.05, 4.69) is 4.98 Å². The third-order valence-corrected chi connectivity index (χ3v) is 2.45. The van der Waals surface area contributed by atoms with Gasteiger partial charge in [0.25, 0.3) is 0 Å². The van der Waals surface area contributed by atoms with Gasteiger partial charge in [-0.1, -0.05) is 12.1 Å². The minimum atomic E-state index is -1.17. The van der Waals surface area contributed by atoms with Crippen molar-refractivity contribution >= 4 is 5.97 Å². The zero-order chi connectivity index (χ0) is 12.3. The Balaban J connectivity index is 2.09. The number of rotatable bonds is 4. The van der Waals surface area contributed by atoms with E-state index in [0.717, 1.165) is 0 Å². The van der Waals surface area contributed by atoms with E-state index in [-0.39, 0.29) is 12.1 Å². The number of carboxylic acid groups (broad SMARTS) is 1. The normalized spacial score (nSPS) is 12.3. The van der Waals surface area contributed by atoms with Crippen LogP contribution in [0.15, 0.2) is 43.0 Å². The summed E-state index contributed by atoms with van der Waals surface area (Å²) in [5.41, 5.74) is 0.618. The predicted octanol–water partition coefficient (Wildman–Crippen LogP) is 2.29. The number of hydrogen-bond acceptors (Lipinski definition) is 2. The van der Waals surface area contributed by atoms with Crippen molar-refractivity contribution in [2.24, 2.45) is 0 Å². The van der Waals surface area contributed by atoms with Crippen LogP contribution in [0.5, 0.6) is 0 Å². The van der Waals surface area contributed by atoms with Crippen LogP contribution in [0.1, 0.15) is 22.1 Å². The number of nitrogens with zero attached hydrogens (tertiary/aromatic N) is 2. The Morgan fingerprint density at radius 1 is 1.41 bits per heavy atom. The summed E-state index contributed by atoms with van der Waals surface area (Å²) >= 11 is 0. The molecule has 0 fully saturated rings. The number of halogens is 1. The summed E-state index contributed by atoms with van der Waals surface area (Å²) in [6.45, 7) is 0.173. The highest BCUT2D eigenvalue weighted by atomic mass is 19.1.